The largest absolute Gasteiger partial charge is 0.487 e. The number of fused-ring (bicyclic) bond motifs is 2. The molecule has 8 heteroatoms. The number of aryl methyl sites for hydroxylation is 1. The van der Waals surface area contributed by atoms with Gasteiger partial charge in [-0.3, -0.25) is 4.79 Å². The number of benzene rings is 4. The number of nitrogens with zero attached hydrogens (tertiary/aromatic N) is 1. The van der Waals surface area contributed by atoms with Crippen LogP contribution in [0.15, 0.2) is 95.9 Å². The lowest BCUT2D eigenvalue weighted by Gasteiger charge is -2.18. The molecular weight excluding hydrogens is 512 g/mol. The summed E-state index contributed by atoms with van der Waals surface area (Å²) in [6.45, 7) is 5.20. The van der Waals surface area contributed by atoms with Crippen LogP contribution < -0.4 is 14.2 Å². The molecule has 0 aliphatic heterocycles. The molecule has 0 spiro atoms. The number of ether oxygens (including phenoxy) is 2. The second kappa shape index (κ2) is 10.8. The Hall–Kier alpha value is -4.27. The first-order valence-corrected chi connectivity index (χ1v) is 14.0. The maximum atomic E-state index is 13.3. The van der Waals surface area contributed by atoms with Crippen LogP contribution in [0.5, 0.6) is 11.5 Å². The van der Waals surface area contributed by atoms with Gasteiger partial charge in [-0.05, 0) is 67.1 Å². The van der Waals surface area contributed by atoms with Crippen LogP contribution in [0.4, 0.5) is 0 Å². The molecule has 39 heavy (non-hydrogen) atoms. The van der Waals surface area contributed by atoms with Crippen molar-refractivity contribution >= 4 is 37.7 Å². The molecule has 0 saturated carbocycles. The highest BCUT2D eigenvalue weighted by atomic mass is 32.2. The van der Waals surface area contributed by atoms with Crippen LogP contribution in [0.3, 0.4) is 0 Å². The topological polar surface area (TPSA) is 94.6 Å². The molecule has 5 aromatic rings. The summed E-state index contributed by atoms with van der Waals surface area (Å²) in [5.41, 5.74) is 3.20. The van der Waals surface area contributed by atoms with E-state index < -0.39 is 22.0 Å². The molecule has 0 aliphatic carbocycles. The predicted octanol–water partition coefficient (Wildman–Crippen LogP) is 6.24. The molecular formula is C31H28N2O5S. The number of hydrogen-bond acceptors (Lipinski definition) is 6. The first kappa shape index (κ1) is 26.3. The summed E-state index contributed by atoms with van der Waals surface area (Å²) in [6.07, 6.45) is 0. The van der Waals surface area contributed by atoms with E-state index >= 15 is 0 Å². The Kier molecular flexibility index (Phi) is 7.32. The number of carbonyl (C=O) groups excluding carboxylic acids is 1. The van der Waals surface area contributed by atoms with E-state index in [1.165, 1.54) is 6.92 Å². The van der Waals surface area contributed by atoms with Crippen molar-refractivity contribution in [3.8, 4) is 11.5 Å². The van der Waals surface area contributed by atoms with E-state index in [4.69, 9.17) is 9.47 Å². The highest BCUT2D eigenvalue weighted by molar-refractivity contribution is 7.89. The van der Waals surface area contributed by atoms with Crippen molar-refractivity contribution in [2.75, 3.05) is 0 Å². The van der Waals surface area contributed by atoms with Crippen LogP contribution in [-0.4, -0.2) is 19.4 Å². The van der Waals surface area contributed by atoms with Crippen LogP contribution in [0.25, 0.3) is 21.7 Å². The smallest absolute Gasteiger partial charge is 0.308 e. The van der Waals surface area contributed by atoms with Gasteiger partial charge in [0.25, 0.3) is 0 Å². The van der Waals surface area contributed by atoms with Crippen molar-refractivity contribution in [1.29, 1.82) is 0 Å². The molecule has 1 aromatic heterocycles. The summed E-state index contributed by atoms with van der Waals surface area (Å²) in [5, 5.41) is 2.67. The van der Waals surface area contributed by atoms with Crippen LogP contribution in [0.1, 0.15) is 36.7 Å². The Labute approximate surface area is 227 Å². The van der Waals surface area contributed by atoms with Gasteiger partial charge in [-0.1, -0.05) is 54.1 Å². The van der Waals surface area contributed by atoms with Crippen molar-refractivity contribution in [2.45, 2.75) is 38.3 Å². The third-order valence-electron chi connectivity index (χ3n) is 6.35. The van der Waals surface area contributed by atoms with Crippen LogP contribution in [0.2, 0.25) is 0 Å². The normalized spacial score (nSPS) is 12.4. The summed E-state index contributed by atoms with van der Waals surface area (Å²) >= 11 is 0. The molecule has 1 N–H and O–H groups in total. The van der Waals surface area contributed by atoms with Gasteiger partial charge >= 0.3 is 5.97 Å². The van der Waals surface area contributed by atoms with E-state index in [0.29, 0.717) is 17.1 Å². The molecule has 7 nitrogen and oxygen atoms in total. The third-order valence-corrected chi connectivity index (χ3v) is 7.89. The SMILES string of the molecule is CC(=O)Oc1ccc(C)cc1C(C)NS(=O)(=O)c1ccc2ccc(OCc3ccc4ccccc4n3)cc2c1. The monoisotopic (exact) mass is 540 g/mol. The molecule has 1 unspecified atom stereocenters. The molecule has 0 radical (unpaired) electrons. The molecule has 198 valence electrons. The summed E-state index contributed by atoms with van der Waals surface area (Å²) in [6, 6.07) is 27.0. The zero-order valence-electron chi connectivity index (χ0n) is 21.8. The van der Waals surface area contributed by atoms with Crippen molar-refractivity contribution < 1.29 is 22.7 Å². The fourth-order valence-corrected chi connectivity index (χ4v) is 5.68. The van der Waals surface area contributed by atoms with Gasteiger partial charge in [0.15, 0.2) is 0 Å². The zero-order chi connectivity index (χ0) is 27.6. The fraction of sp³-hybridized carbons (Fsp3) is 0.161. The van der Waals surface area contributed by atoms with Crippen molar-refractivity contribution in [1.82, 2.24) is 9.71 Å². The van der Waals surface area contributed by atoms with E-state index in [-0.39, 0.29) is 11.5 Å². The number of para-hydroxylation sites is 1. The Balaban J connectivity index is 1.35. The van der Waals surface area contributed by atoms with E-state index in [2.05, 4.69) is 9.71 Å². The van der Waals surface area contributed by atoms with E-state index in [1.54, 1.807) is 37.3 Å². The standard InChI is InChI=1S/C31H28N2O5S/c1-20-8-15-31(38-22(3)34)29(16-20)21(2)33-39(35,36)28-14-11-23-10-13-27(17-25(23)18-28)37-19-26-12-9-24-6-4-5-7-30(24)32-26/h4-18,21,33H,19H2,1-3H3. The summed E-state index contributed by atoms with van der Waals surface area (Å²) in [5.74, 6) is 0.461. The van der Waals surface area contributed by atoms with E-state index in [9.17, 15) is 13.2 Å². The van der Waals surface area contributed by atoms with Gasteiger partial charge < -0.3 is 9.47 Å². The average Bonchev–Trinajstić information content (AvgIpc) is 2.91. The molecule has 0 fully saturated rings. The maximum absolute atomic E-state index is 13.3. The lowest BCUT2D eigenvalue weighted by molar-refractivity contribution is -0.131. The van der Waals surface area contributed by atoms with Gasteiger partial charge in [0, 0.05) is 23.9 Å². The van der Waals surface area contributed by atoms with Crippen molar-refractivity contribution in [3.05, 3.63) is 108 Å². The van der Waals surface area contributed by atoms with Crippen LogP contribution in [-0.2, 0) is 21.4 Å². The molecule has 4 aromatic carbocycles. The van der Waals surface area contributed by atoms with Crippen LogP contribution in [0, 0.1) is 6.92 Å². The van der Waals surface area contributed by atoms with Gasteiger partial charge in [0.1, 0.15) is 18.1 Å². The lowest BCUT2D eigenvalue weighted by Crippen LogP contribution is -2.27. The maximum Gasteiger partial charge on any atom is 0.308 e. The number of nitrogens with one attached hydrogen (secondary N) is 1. The Morgan fingerprint density at radius 3 is 2.49 bits per heavy atom. The number of aromatic nitrogens is 1. The fourth-order valence-electron chi connectivity index (χ4n) is 4.42. The first-order valence-electron chi connectivity index (χ1n) is 12.5. The number of rotatable bonds is 8. The Bertz CT molecular complexity index is 1800. The minimum atomic E-state index is -3.89. The highest BCUT2D eigenvalue weighted by Gasteiger charge is 2.22. The predicted molar refractivity (Wildman–Crippen MR) is 151 cm³/mol. The molecule has 5 rings (SSSR count). The number of pyridine rings is 1. The number of hydrogen-bond donors (Lipinski definition) is 1. The quantitative estimate of drug-likeness (QED) is 0.185. The second-order valence-corrected chi connectivity index (χ2v) is 11.1. The number of carbonyl (C=O) groups is 1. The first-order chi connectivity index (χ1) is 18.7. The van der Waals surface area contributed by atoms with Gasteiger partial charge in [-0.2, -0.15) is 0 Å². The summed E-state index contributed by atoms with van der Waals surface area (Å²) < 4.78 is 40.6. The van der Waals surface area contributed by atoms with E-state index in [1.807, 2.05) is 67.6 Å². The van der Waals surface area contributed by atoms with Crippen molar-refractivity contribution in [2.24, 2.45) is 0 Å². The average molecular weight is 541 g/mol. The molecule has 0 saturated heterocycles. The molecule has 1 atom stereocenters. The summed E-state index contributed by atoms with van der Waals surface area (Å²) in [7, 11) is -3.89. The number of esters is 1. The number of sulfonamides is 1. The Morgan fingerprint density at radius 2 is 1.67 bits per heavy atom. The molecule has 0 bridgehead atoms. The van der Waals surface area contributed by atoms with Crippen LogP contribution >= 0.6 is 0 Å². The van der Waals surface area contributed by atoms with Gasteiger partial charge in [-0.15, -0.1) is 0 Å². The highest BCUT2D eigenvalue weighted by Crippen LogP contribution is 2.29. The van der Waals surface area contributed by atoms with Crippen molar-refractivity contribution in [3.63, 3.8) is 0 Å². The zero-order valence-corrected chi connectivity index (χ0v) is 22.7. The van der Waals surface area contributed by atoms with Gasteiger partial charge in [0.05, 0.1) is 16.1 Å². The van der Waals surface area contributed by atoms with Gasteiger partial charge in [-0.25, -0.2) is 18.1 Å². The minimum absolute atomic E-state index is 0.122. The van der Waals surface area contributed by atoms with E-state index in [0.717, 1.165) is 32.9 Å². The lowest BCUT2D eigenvalue weighted by atomic mass is 10.1. The van der Waals surface area contributed by atoms with Gasteiger partial charge in [0.2, 0.25) is 10.0 Å². The summed E-state index contributed by atoms with van der Waals surface area (Å²) in [4.78, 5) is 16.3. The third kappa shape index (κ3) is 6.08. The molecule has 1 heterocycles. The Morgan fingerprint density at radius 1 is 0.897 bits per heavy atom. The molecule has 0 aliphatic rings. The second-order valence-electron chi connectivity index (χ2n) is 9.43. The molecule has 0 amide bonds. The minimum Gasteiger partial charge on any atom is -0.487 e.